The number of benzene rings is 2. The minimum Gasteiger partial charge on any atom is -0.490 e. The van der Waals surface area contributed by atoms with E-state index in [-0.39, 0.29) is 31.3 Å². The zero-order chi connectivity index (χ0) is 27.1. The number of urea groups is 1. The van der Waals surface area contributed by atoms with Crippen LogP contribution in [0.15, 0.2) is 36.4 Å². The van der Waals surface area contributed by atoms with Crippen molar-refractivity contribution in [2.45, 2.75) is 32.0 Å². The number of hydrogen-bond acceptors (Lipinski definition) is 7. The molecule has 0 aromatic heterocycles. The van der Waals surface area contributed by atoms with Gasteiger partial charge in [-0.3, -0.25) is 19.7 Å². The number of ether oxygens (including phenoxy) is 3. The third-order valence-electron chi connectivity index (χ3n) is 6.15. The van der Waals surface area contributed by atoms with Crippen molar-refractivity contribution in [1.29, 1.82) is 0 Å². The van der Waals surface area contributed by atoms with Crippen LogP contribution in [-0.2, 0) is 32.2 Å². The number of hydrogen-bond donors (Lipinski definition) is 3. The van der Waals surface area contributed by atoms with E-state index in [4.69, 9.17) is 25.8 Å². The zero-order valence-corrected chi connectivity index (χ0v) is 21.6. The Bertz CT molecular complexity index is 1220. The summed E-state index contributed by atoms with van der Waals surface area (Å²) >= 11 is 6.27. The molecular formula is C26H29ClN4O7. The van der Waals surface area contributed by atoms with Crippen molar-refractivity contribution in [3.63, 3.8) is 0 Å². The Morgan fingerprint density at radius 1 is 1.11 bits per heavy atom. The highest BCUT2D eigenvalue weighted by Gasteiger charge is 2.39. The molecule has 2 heterocycles. The van der Waals surface area contributed by atoms with Gasteiger partial charge in [-0.15, -0.1) is 0 Å². The van der Waals surface area contributed by atoms with Crippen LogP contribution in [0.3, 0.4) is 0 Å². The molecular weight excluding hydrogens is 516 g/mol. The fraction of sp³-hybridized carbons (Fsp3) is 0.385. The van der Waals surface area contributed by atoms with E-state index in [2.05, 4.69) is 16.0 Å². The van der Waals surface area contributed by atoms with Crippen LogP contribution in [-0.4, -0.2) is 68.2 Å². The standard InChI is InChI=1S/C26H29ClN4O7/c1-36-8-9-37-10-11-38-22-6-3-18(13-20(22)27)29-26(35)28-14-16-2-4-19-17(12-16)15-31(25(19)34)21-5-7-23(32)30-24(21)33/h2-4,6,12-13,21H,5,7-11,14-15H2,1H3,(H2,28,29,35)(H,30,32,33). The van der Waals surface area contributed by atoms with E-state index in [1.807, 2.05) is 6.07 Å². The number of carbonyl (C=O) groups excluding carboxylic acids is 4. The van der Waals surface area contributed by atoms with Crippen molar-refractivity contribution in [3.8, 4) is 5.75 Å². The molecule has 4 rings (SSSR count). The Kier molecular flexibility index (Phi) is 9.16. The highest BCUT2D eigenvalue weighted by Crippen LogP contribution is 2.29. The second-order valence-electron chi connectivity index (χ2n) is 8.80. The normalized spacial score (nSPS) is 16.7. The lowest BCUT2D eigenvalue weighted by Crippen LogP contribution is -2.52. The Morgan fingerprint density at radius 3 is 2.68 bits per heavy atom. The lowest BCUT2D eigenvalue weighted by Gasteiger charge is -2.29. The smallest absolute Gasteiger partial charge is 0.319 e. The number of carbonyl (C=O) groups is 4. The highest BCUT2D eigenvalue weighted by molar-refractivity contribution is 6.32. The summed E-state index contributed by atoms with van der Waals surface area (Å²) in [7, 11) is 1.60. The van der Waals surface area contributed by atoms with E-state index in [1.54, 1.807) is 37.4 Å². The number of anilines is 1. The molecule has 1 unspecified atom stereocenters. The van der Waals surface area contributed by atoms with Crippen LogP contribution in [0.25, 0.3) is 0 Å². The Balaban J connectivity index is 1.26. The number of fused-ring (bicyclic) bond motifs is 1. The molecule has 3 N–H and O–H groups in total. The molecule has 2 aromatic carbocycles. The molecule has 12 heteroatoms. The van der Waals surface area contributed by atoms with Gasteiger partial charge < -0.3 is 29.7 Å². The fourth-order valence-electron chi connectivity index (χ4n) is 4.25. The van der Waals surface area contributed by atoms with Gasteiger partial charge in [0.05, 0.1) is 24.8 Å². The largest absolute Gasteiger partial charge is 0.490 e. The van der Waals surface area contributed by atoms with Crippen molar-refractivity contribution < 1.29 is 33.4 Å². The average Bonchev–Trinajstić information content (AvgIpc) is 3.21. The molecule has 11 nitrogen and oxygen atoms in total. The molecule has 38 heavy (non-hydrogen) atoms. The zero-order valence-electron chi connectivity index (χ0n) is 20.9. The van der Waals surface area contributed by atoms with Gasteiger partial charge in [0.15, 0.2) is 0 Å². The van der Waals surface area contributed by atoms with E-state index >= 15 is 0 Å². The van der Waals surface area contributed by atoms with Crippen molar-refractivity contribution in [2.24, 2.45) is 0 Å². The quantitative estimate of drug-likeness (QED) is 0.292. The van der Waals surface area contributed by atoms with Gasteiger partial charge in [0.25, 0.3) is 5.91 Å². The van der Waals surface area contributed by atoms with Gasteiger partial charge in [-0.05, 0) is 41.8 Å². The molecule has 2 aliphatic rings. The molecule has 0 saturated carbocycles. The van der Waals surface area contributed by atoms with Gasteiger partial charge in [-0.2, -0.15) is 0 Å². The highest BCUT2D eigenvalue weighted by atomic mass is 35.5. The first-order valence-corrected chi connectivity index (χ1v) is 12.5. The third-order valence-corrected chi connectivity index (χ3v) is 6.44. The van der Waals surface area contributed by atoms with E-state index in [0.29, 0.717) is 54.9 Å². The molecule has 1 fully saturated rings. The summed E-state index contributed by atoms with van der Waals surface area (Å²) < 4.78 is 15.8. The van der Waals surface area contributed by atoms with Gasteiger partial charge in [0.2, 0.25) is 11.8 Å². The SMILES string of the molecule is COCCOCCOc1ccc(NC(=O)NCc2ccc3c(c2)CN(C2CCC(=O)NC2=O)C3=O)cc1Cl. The number of imide groups is 1. The number of piperidine rings is 1. The van der Waals surface area contributed by atoms with Crippen LogP contribution in [0.4, 0.5) is 10.5 Å². The maximum absolute atomic E-state index is 12.8. The average molecular weight is 545 g/mol. The molecule has 1 atom stereocenters. The first-order chi connectivity index (χ1) is 18.4. The fourth-order valence-corrected chi connectivity index (χ4v) is 4.48. The molecule has 1 saturated heterocycles. The minimum atomic E-state index is -0.669. The van der Waals surface area contributed by atoms with Gasteiger partial charge in [-0.25, -0.2) is 4.79 Å². The van der Waals surface area contributed by atoms with Gasteiger partial charge in [-0.1, -0.05) is 23.7 Å². The van der Waals surface area contributed by atoms with Crippen LogP contribution in [0.5, 0.6) is 5.75 Å². The number of rotatable bonds is 11. The number of halogens is 1. The lowest BCUT2D eigenvalue weighted by molar-refractivity contribution is -0.136. The third kappa shape index (κ3) is 6.80. The van der Waals surface area contributed by atoms with Gasteiger partial charge in [0.1, 0.15) is 18.4 Å². The predicted octanol–water partition coefficient (Wildman–Crippen LogP) is 2.46. The first-order valence-electron chi connectivity index (χ1n) is 12.2. The number of amides is 5. The predicted molar refractivity (Wildman–Crippen MR) is 138 cm³/mol. The van der Waals surface area contributed by atoms with Crippen molar-refractivity contribution >= 4 is 41.0 Å². The van der Waals surface area contributed by atoms with Gasteiger partial charge >= 0.3 is 6.03 Å². The van der Waals surface area contributed by atoms with E-state index in [0.717, 1.165) is 11.1 Å². The van der Waals surface area contributed by atoms with Crippen LogP contribution in [0.1, 0.15) is 34.3 Å². The lowest BCUT2D eigenvalue weighted by atomic mass is 10.0. The summed E-state index contributed by atoms with van der Waals surface area (Å²) in [6, 6.07) is 9.12. The first kappa shape index (κ1) is 27.4. The summed E-state index contributed by atoms with van der Waals surface area (Å²) in [6.45, 7) is 2.22. The molecule has 0 radical (unpaired) electrons. The van der Waals surface area contributed by atoms with Crippen molar-refractivity contribution in [2.75, 3.05) is 38.9 Å². The van der Waals surface area contributed by atoms with Gasteiger partial charge in [0, 0.05) is 37.9 Å². The number of nitrogens with one attached hydrogen (secondary N) is 3. The number of nitrogens with zero attached hydrogens (tertiary/aromatic N) is 1. The van der Waals surface area contributed by atoms with E-state index in [1.165, 1.54) is 4.90 Å². The van der Waals surface area contributed by atoms with Crippen LogP contribution in [0, 0.1) is 0 Å². The minimum absolute atomic E-state index is 0.200. The second-order valence-corrected chi connectivity index (χ2v) is 9.21. The maximum atomic E-state index is 12.8. The summed E-state index contributed by atoms with van der Waals surface area (Å²) in [5, 5.41) is 8.15. The van der Waals surface area contributed by atoms with Crippen LogP contribution < -0.4 is 20.7 Å². The Hall–Kier alpha value is -3.67. The Labute approximate surface area is 224 Å². The summed E-state index contributed by atoms with van der Waals surface area (Å²) in [5.41, 5.74) is 2.58. The summed E-state index contributed by atoms with van der Waals surface area (Å²) in [6.07, 6.45) is 0.505. The monoisotopic (exact) mass is 544 g/mol. The van der Waals surface area contributed by atoms with Crippen molar-refractivity contribution in [1.82, 2.24) is 15.5 Å². The van der Waals surface area contributed by atoms with E-state index in [9.17, 15) is 19.2 Å². The molecule has 0 bridgehead atoms. The van der Waals surface area contributed by atoms with E-state index < -0.39 is 18.0 Å². The molecule has 2 aromatic rings. The molecule has 2 aliphatic heterocycles. The topological polar surface area (TPSA) is 135 Å². The molecule has 0 spiro atoms. The molecule has 202 valence electrons. The Morgan fingerprint density at radius 2 is 1.92 bits per heavy atom. The molecule has 0 aliphatic carbocycles. The summed E-state index contributed by atoms with van der Waals surface area (Å²) in [5.74, 6) is -0.539. The second kappa shape index (κ2) is 12.7. The van der Waals surface area contributed by atoms with Crippen LogP contribution >= 0.6 is 11.6 Å². The van der Waals surface area contributed by atoms with Crippen LogP contribution in [0.2, 0.25) is 5.02 Å². The number of methoxy groups -OCH3 is 1. The summed E-state index contributed by atoms with van der Waals surface area (Å²) in [4.78, 5) is 50.4. The van der Waals surface area contributed by atoms with Crippen molar-refractivity contribution in [3.05, 3.63) is 58.1 Å². The maximum Gasteiger partial charge on any atom is 0.319 e. The molecule has 5 amide bonds.